The van der Waals surface area contributed by atoms with Crippen molar-refractivity contribution in [3.05, 3.63) is 48.5 Å². The Kier molecular flexibility index (Phi) is 4.78. The van der Waals surface area contributed by atoms with Crippen molar-refractivity contribution in [1.82, 2.24) is 24.6 Å². The first-order valence-corrected chi connectivity index (χ1v) is 9.22. The number of amides is 1. The maximum atomic E-state index is 13.0. The summed E-state index contributed by atoms with van der Waals surface area (Å²) in [6, 6.07) is 10.9. The maximum absolute atomic E-state index is 13.0. The lowest BCUT2D eigenvalue weighted by molar-refractivity contribution is -0.137. The van der Waals surface area contributed by atoms with Crippen molar-refractivity contribution in [3.8, 4) is 0 Å². The van der Waals surface area contributed by atoms with E-state index in [1.54, 1.807) is 12.7 Å². The molecule has 2 saturated heterocycles. The Morgan fingerprint density at radius 1 is 1.00 bits per heavy atom. The molecule has 6 nitrogen and oxygen atoms in total. The van der Waals surface area contributed by atoms with Crippen LogP contribution in [0.4, 0.5) is 0 Å². The maximum Gasteiger partial charge on any atom is 0.239 e. The Balaban J connectivity index is 1.35. The molecule has 25 heavy (non-hydrogen) atoms. The summed E-state index contributed by atoms with van der Waals surface area (Å²) in [6.45, 7) is 3.55. The van der Waals surface area contributed by atoms with Gasteiger partial charge in [0.2, 0.25) is 5.91 Å². The fourth-order valence-corrected chi connectivity index (χ4v) is 4.11. The van der Waals surface area contributed by atoms with E-state index < -0.39 is 0 Å². The fraction of sp³-hybridized carbons (Fsp3) is 0.526. The summed E-state index contributed by atoms with van der Waals surface area (Å²) < 4.78 is 2.07. The predicted octanol–water partition coefficient (Wildman–Crippen LogP) is 2.11. The first-order valence-electron chi connectivity index (χ1n) is 9.22. The molecule has 0 aliphatic carbocycles. The number of hydrogen-bond donors (Lipinski definition) is 0. The van der Waals surface area contributed by atoms with Gasteiger partial charge in [0.05, 0.1) is 6.04 Å². The van der Waals surface area contributed by atoms with Crippen LogP contribution in [0.15, 0.2) is 43.0 Å². The summed E-state index contributed by atoms with van der Waals surface area (Å²) in [5, 5.41) is 7.78. The Hall–Kier alpha value is -2.21. The minimum absolute atomic E-state index is 0.0478. The second-order valence-corrected chi connectivity index (χ2v) is 7.08. The van der Waals surface area contributed by atoms with Crippen LogP contribution in [0.5, 0.6) is 0 Å². The number of carbonyl (C=O) groups excluding carboxylic acids is 1. The number of aromatic nitrogens is 3. The minimum atomic E-state index is 0.0478. The van der Waals surface area contributed by atoms with Gasteiger partial charge in [-0.15, -0.1) is 10.2 Å². The second-order valence-electron chi connectivity index (χ2n) is 7.08. The average Bonchev–Trinajstić information content (AvgIpc) is 3.34. The van der Waals surface area contributed by atoms with Crippen LogP contribution < -0.4 is 0 Å². The second kappa shape index (κ2) is 7.35. The molecule has 0 bridgehead atoms. The van der Waals surface area contributed by atoms with E-state index in [4.69, 9.17) is 0 Å². The first-order chi connectivity index (χ1) is 12.3. The zero-order valence-electron chi connectivity index (χ0n) is 14.5. The van der Waals surface area contributed by atoms with E-state index in [0.29, 0.717) is 11.9 Å². The van der Waals surface area contributed by atoms with Gasteiger partial charge in [-0.05, 0) is 37.8 Å². The van der Waals surface area contributed by atoms with Crippen LogP contribution in [0.1, 0.15) is 37.3 Å². The van der Waals surface area contributed by atoms with Gasteiger partial charge in [-0.1, -0.05) is 30.3 Å². The summed E-state index contributed by atoms with van der Waals surface area (Å²) in [5.74, 6) is 0.315. The molecule has 2 aliphatic rings. The van der Waals surface area contributed by atoms with Crippen LogP contribution in [-0.2, 0) is 11.3 Å². The molecule has 1 amide bonds. The van der Waals surface area contributed by atoms with Gasteiger partial charge in [0.1, 0.15) is 12.7 Å². The van der Waals surface area contributed by atoms with Crippen molar-refractivity contribution in [2.75, 3.05) is 19.6 Å². The van der Waals surface area contributed by atoms with E-state index in [9.17, 15) is 4.79 Å². The van der Waals surface area contributed by atoms with Crippen molar-refractivity contribution >= 4 is 5.91 Å². The lowest BCUT2D eigenvalue weighted by atomic mass is 10.0. The SMILES string of the molecule is O=C([C@@H]1CCCN1Cc1ccccc1)N1CCC(n2cnnc2)CC1. The van der Waals surface area contributed by atoms with Crippen molar-refractivity contribution in [2.24, 2.45) is 0 Å². The van der Waals surface area contributed by atoms with E-state index in [2.05, 4.69) is 48.8 Å². The van der Waals surface area contributed by atoms with Crippen LogP contribution in [0, 0.1) is 0 Å². The topological polar surface area (TPSA) is 54.3 Å². The van der Waals surface area contributed by atoms with Gasteiger partial charge in [0.25, 0.3) is 0 Å². The number of hydrogen-bond acceptors (Lipinski definition) is 4. The number of piperidine rings is 1. The Morgan fingerprint density at radius 3 is 2.44 bits per heavy atom. The van der Waals surface area contributed by atoms with Crippen LogP contribution in [0.3, 0.4) is 0 Å². The lowest BCUT2D eigenvalue weighted by Crippen LogP contribution is -2.48. The van der Waals surface area contributed by atoms with Gasteiger partial charge in [0.15, 0.2) is 0 Å². The molecule has 2 aliphatic heterocycles. The zero-order valence-corrected chi connectivity index (χ0v) is 14.5. The lowest BCUT2D eigenvalue weighted by Gasteiger charge is -2.35. The standard InChI is InChI=1S/C19H25N5O/c25-19(22-11-8-17(9-12-22)24-14-20-21-15-24)18-7-4-10-23(18)13-16-5-2-1-3-6-16/h1-3,5-6,14-15,17-18H,4,7-13H2/t18-/m0/s1. The third-order valence-corrected chi connectivity index (χ3v) is 5.51. The Labute approximate surface area is 148 Å². The summed E-state index contributed by atoms with van der Waals surface area (Å²) >= 11 is 0. The molecule has 2 fully saturated rings. The van der Waals surface area contributed by atoms with E-state index in [1.165, 1.54) is 5.56 Å². The molecule has 6 heteroatoms. The minimum Gasteiger partial charge on any atom is -0.341 e. The smallest absolute Gasteiger partial charge is 0.239 e. The van der Waals surface area contributed by atoms with E-state index >= 15 is 0 Å². The summed E-state index contributed by atoms with van der Waals surface area (Å²) in [6.07, 6.45) is 7.61. The highest BCUT2D eigenvalue weighted by atomic mass is 16.2. The number of likely N-dealkylation sites (tertiary alicyclic amines) is 2. The van der Waals surface area contributed by atoms with Gasteiger partial charge >= 0.3 is 0 Å². The summed E-state index contributed by atoms with van der Waals surface area (Å²) in [4.78, 5) is 17.5. The van der Waals surface area contributed by atoms with Crippen LogP contribution in [-0.4, -0.2) is 56.1 Å². The molecule has 4 rings (SSSR count). The van der Waals surface area contributed by atoms with Gasteiger partial charge in [-0.3, -0.25) is 9.69 Å². The average molecular weight is 339 g/mol. The van der Waals surface area contributed by atoms with Crippen molar-refractivity contribution in [2.45, 2.75) is 44.3 Å². The molecule has 2 aromatic rings. The molecule has 0 unspecified atom stereocenters. The van der Waals surface area contributed by atoms with Crippen molar-refractivity contribution in [1.29, 1.82) is 0 Å². The third-order valence-electron chi connectivity index (χ3n) is 5.51. The highest BCUT2D eigenvalue weighted by Crippen LogP contribution is 2.26. The largest absolute Gasteiger partial charge is 0.341 e. The zero-order chi connectivity index (χ0) is 17.1. The van der Waals surface area contributed by atoms with Crippen LogP contribution in [0.2, 0.25) is 0 Å². The van der Waals surface area contributed by atoms with E-state index in [-0.39, 0.29) is 6.04 Å². The molecule has 0 radical (unpaired) electrons. The first kappa shape index (κ1) is 16.3. The highest BCUT2D eigenvalue weighted by molar-refractivity contribution is 5.82. The van der Waals surface area contributed by atoms with E-state index in [0.717, 1.165) is 51.9 Å². The summed E-state index contributed by atoms with van der Waals surface area (Å²) in [7, 11) is 0. The van der Waals surface area contributed by atoms with Crippen LogP contribution >= 0.6 is 0 Å². The van der Waals surface area contributed by atoms with Crippen molar-refractivity contribution in [3.63, 3.8) is 0 Å². The molecular formula is C19H25N5O. The molecule has 3 heterocycles. The number of rotatable bonds is 4. The predicted molar refractivity (Wildman–Crippen MR) is 94.7 cm³/mol. The molecule has 1 atom stereocenters. The van der Waals surface area contributed by atoms with Crippen LogP contribution in [0.25, 0.3) is 0 Å². The highest BCUT2D eigenvalue weighted by Gasteiger charge is 2.35. The molecule has 1 aromatic carbocycles. The number of nitrogens with zero attached hydrogens (tertiary/aromatic N) is 5. The quantitative estimate of drug-likeness (QED) is 0.856. The molecule has 0 spiro atoms. The summed E-state index contributed by atoms with van der Waals surface area (Å²) in [5.41, 5.74) is 1.29. The monoisotopic (exact) mass is 339 g/mol. The fourth-order valence-electron chi connectivity index (χ4n) is 4.11. The molecule has 1 aromatic heterocycles. The van der Waals surface area contributed by atoms with Gasteiger partial charge < -0.3 is 9.47 Å². The van der Waals surface area contributed by atoms with Crippen molar-refractivity contribution < 1.29 is 4.79 Å². The number of benzene rings is 1. The van der Waals surface area contributed by atoms with Gasteiger partial charge in [-0.2, -0.15) is 0 Å². The third kappa shape index (κ3) is 3.58. The molecule has 0 saturated carbocycles. The Bertz CT molecular complexity index is 679. The molecule has 0 N–H and O–H groups in total. The van der Waals surface area contributed by atoms with E-state index in [1.807, 2.05) is 6.07 Å². The number of carbonyl (C=O) groups is 1. The molecular weight excluding hydrogens is 314 g/mol. The van der Waals surface area contributed by atoms with Gasteiger partial charge in [-0.25, -0.2) is 0 Å². The Morgan fingerprint density at radius 2 is 1.72 bits per heavy atom. The normalized spacial score (nSPS) is 22.4. The molecule has 132 valence electrons. The van der Waals surface area contributed by atoms with Gasteiger partial charge in [0, 0.05) is 25.7 Å².